The highest BCUT2D eigenvalue weighted by Crippen LogP contribution is 2.29. The first-order chi connectivity index (χ1) is 5.88. The third kappa shape index (κ3) is 1.80. The summed E-state index contributed by atoms with van der Waals surface area (Å²) >= 11 is 0. The van der Waals surface area contributed by atoms with Crippen LogP contribution in [0, 0.1) is 0 Å². The fourth-order valence-corrected chi connectivity index (χ4v) is 2.21. The third-order valence-corrected chi connectivity index (χ3v) is 3.19. The van der Waals surface area contributed by atoms with Crippen molar-refractivity contribution in [3.8, 4) is 0 Å². The number of hydrogen-bond donors (Lipinski definition) is 1. The monoisotopic (exact) mass is 169 g/mol. The van der Waals surface area contributed by atoms with Crippen LogP contribution >= 0.6 is 0 Å². The van der Waals surface area contributed by atoms with Gasteiger partial charge in [0.25, 0.3) is 0 Å². The molecule has 0 heterocycles. The molecule has 0 amide bonds. The summed E-state index contributed by atoms with van der Waals surface area (Å²) in [6, 6.07) is 0.733. The normalized spacial score (nSPS) is 36.8. The Bertz CT molecular complexity index is 137. The Morgan fingerprint density at radius 3 is 2.33 bits per heavy atom. The first-order valence-corrected chi connectivity index (χ1v) is 5.21. The summed E-state index contributed by atoms with van der Waals surface area (Å²) in [6.45, 7) is 0. The molecule has 2 aliphatic carbocycles. The van der Waals surface area contributed by atoms with E-state index < -0.39 is 0 Å². The van der Waals surface area contributed by atoms with Gasteiger partial charge in [0.2, 0.25) is 0 Å². The third-order valence-electron chi connectivity index (χ3n) is 3.19. The van der Waals surface area contributed by atoms with Crippen LogP contribution in [0.1, 0.15) is 38.5 Å². The molecule has 0 spiro atoms. The van der Waals surface area contributed by atoms with Crippen LogP contribution in [0.15, 0.2) is 0 Å². The molecule has 0 saturated heterocycles. The van der Waals surface area contributed by atoms with E-state index in [9.17, 15) is 0 Å². The molecular weight excluding hydrogens is 150 g/mol. The van der Waals surface area contributed by atoms with Crippen LogP contribution in [0.2, 0.25) is 0 Å². The average Bonchev–Trinajstić information content (AvgIpc) is 2.47. The summed E-state index contributed by atoms with van der Waals surface area (Å²) in [4.78, 5) is 0. The van der Waals surface area contributed by atoms with E-state index in [1.165, 1.54) is 38.5 Å². The van der Waals surface area contributed by atoms with Gasteiger partial charge in [-0.25, -0.2) is 0 Å². The van der Waals surface area contributed by atoms with Crippen LogP contribution in [-0.4, -0.2) is 25.3 Å². The van der Waals surface area contributed by atoms with Crippen molar-refractivity contribution in [2.24, 2.45) is 0 Å². The van der Waals surface area contributed by atoms with Crippen LogP contribution in [0.25, 0.3) is 0 Å². The molecule has 0 bridgehead atoms. The van der Waals surface area contributed by atoms with Gasteiger partial charge in [-0.05, 0) is 32.7 Å². The number of rotatable bonds is 3. The maximum Gasteiger partial charge on any atom is 0.0608 e. The van der Waals surface area contributed by atoms with Gasteiger partial charge < -0.3 is 10.1 Å². The SMILES string of the molecule is CNC1CC(OC2CCCC2)C1. The lowest BCUT2D eigenvalue weighted by Crippen LogP contribution is -2.44. The zero-order valence-corrected chi connectivity index (χ0v) is 7.88. The molecule has 2 saturated carbocycles. The summed E-state index contributed by atoms with van der Waals surface area (Å²) in [5, 5.41) is 3.28. The Balaban J connectivity index is 1.62. The van der Waals surface area contributed by atoms with Crippen molar-refractivity contribution in [3.05, 3.63) is 0 Å². The lowest BCUT2D eigenvalue weighted by Gasteiger charge is -2.36. The van der Waals surface area contributed by atoms with Crippen LogP contribution in [0.5, 0.6) is 0 Å². The molecular formula is C10H19NO. The summed E-state index contributed by atoms with van der Waals surface area (Å²) in [6.07, 6.45) is 9.01. The topological polar surface area (TPSA) is 21.3 Å². The molecule has 0 radical (unpaired) electrons. The van der Waals surface area contributed by atoms with Gasteiger partial charge >= 0.3 is 0 Å². The van der Waals surface area contributed by atoms with E-state index in [4.69, 9.17) is 4.74 Å². The second kappa shape index (κ2) is 3.75. The van der Waals surface area contributed by atoms with E-state index in [0.29, 0.717) is 12.2 Å². The summed E-state index contributed by atoms with van der Waals surface area (Å²) in [5.41, 5.74) is 0. The molecule has 12 heavy (non-hydrogen) atoms. The van der Waals surface area contributed by atoms with Gasteiger partial charge in [0, 0.05) is 6.04 Å². The largest absolute Gasteiger partial charge is 0.375 e. The number of ether oxygens (including phenoxy) is 1. The minimum atomic E-state index is 0.575. The van der Waals surface area contributed by atoms with E-state index in [0.717, 1.165) is 6.04 Å². The van der Waals surface area contributed by atoms with Crippen molar-refractivity contribution < 1.29 is 4.74 Å². The highest BCUT2D eigenvalue weighted by Gasteiger charge is 2.31. The molecule has 1 N–H and O–H groups in total. The predicted octanol–water partition coefficient (Wildman–Crippen LogP) is 1.70. The minimum absolute atomic E-state index is 0.575. The molecule has 2 heteroatoms. The fourth-order valence-electron chi connectivity index (χ4n) is 2.21. The Labute approximate surface area is 74.7 Å². The summed E-state index contributed by atoms with van der Waals surface area (Å²) < 4.78 is 5.94. The van der Waals surface area contributed by atoms with Gasteiger partial charge in [0.1, 0.15) is 0 Å². The standard InChI is InChI=1S/C10H19NO/c1-11-8-6-10(7-8)12-9-4-2-3-5-9/h8-11H,2-7H2,1H3. The molecule has 0 unspecified atom stereocenters. The van der Waals surface area contributed by atoms with Crippen LogP contribution in [0.3, 0.4) is 0 Å². The maximum atomic E-state index is 5.94. The molecule has 0 aromatic heterocycles. The zero-order chi connectivity index (χ0) is 8.39. The van der Waals surface area contributed by atoms with Crippen molar-refractivity contribution >= 4 is 0 Å². The second-order valence-electron chi connectivity index (χ2n) is 4.12. The van der Waals surface area contributed by atoms with Crippen LogP contribution in [-0.2, 0) is 4.74 Å². The number of nitrogens with one attached hydrogen (secondary N) is 1. The van der Waals surface area contributed by atoms with Gasteiger partial charge in [-0.2, -0.15) is 0 Å². The second-order valence-corrected chi connectivity index (χ2v) is 4.12. The number of hydrogen-bond acceptors (Lipinski definition) is 2. The molecule has 2 fully saturated rings. The van der Waals surface area contributed by atoms with Crippen molar-refractivity contribution in [2.45, 2.75) is 56.8 Å². The highest BCUT2D eigenvalue weighted by atomic mass is 16.5. The van der Waals surface area contributed by atoms with Crippen molar-refractivity contribution in [3.63, 3.8) is 0 Å². The predicted molar refractivity (Wildman–Crippen MR) is 49.2 cm³/mol. The Morgan fingerprint density at radius 1 is 1.08 bits per heavy atom. The van der Waals surface area contributed by atoms with Gasteiger partial charge in [-0.3, -0.25) is 0 Å². The lowest BCUT2D eigenvalue weighted by atomic mass is 9.89. The zero-order valence-electron chi connectivity index (χ0n) is 7.88. The molecule has 0 aromatic rings. The minimum Gasteiger partial charge on any atom is -0.375 e. The molecule has 0 aliphatic heterocycles. The Kier molecular flexibility index (Phi) is 2.66. The molecule has 2 aliphatic rings. The van der Waals surface area contributed by atoms with Crippen molar-refractivity contribution in [1.29, 1.82) is 0 Å². The Hall–Kier alpha value is -0.0800. The first-order valence-electron chi connectivity index (χ1n) is 5.21. The van der Waals surface area contributed by atoms with Crippen LogP contribution < -0.4 is 5.32 Å². The molecule has 0 atom stereocenters. The van der Waals surface area contributed by atoms with E-state index >= 15 is 0 Å². The van der Waals surface area contributed by atoms with Crippen molar-refractivity contribution in [2.75, 3.05) is 7.05 Å². The quantitative estimate of drug-likeness (QED) is 0.694. The van der Waals surface area contributed by atoms with Gasteiger partial charge in [0.05, 0.1) is 12.2 Å². The maximum absolute atomic E-state index is 5.94. The van der Waals surface area contributed by atoms with E-state index in [1.54, 1.807) is 0 Å². The highest BCUT2D eigenvalue weighted by molar-refractivity contribution is 4.86. The van der Waals surface area contributed by atoms with Gasteiger partial charge in [-0.15, -0.1) is 0 Å². The fraction of sp³-hybridized carbons (Fsp3) is 1.00. The summed E-state index contributed by atoms with van der Waals surface area (Å²) in [5.74, 6) is 0. The molecule has 0 aromatic carbocycles. The Morgan fingerprint density at radius 2 is 1.75 bits per heavy atom. The average molecular weight is 169 g/mol. The van der Waals surface area contributed by atoms with E-state index in [-0.39, 0.29) is 0 Å². The molecule has 2 rings (SSSR count). The lowest BCUT2D eigenvalue weighted by molar-refractivity contribution is -0.0600. The smallest absolute Gasteiger partial charge is 0.0608 e. The van der Waals surface area contributed by atoms with Crippen molar-refractivity contribution in [1.82, 2.24) is 5.32 Å². The molecule has 70 valence electrons. The van der Waals surface area contributed by atoms with E-state index in [2.05, 4.69) is 5.32 Å². The van der Waals surface area contributed by atoms with Gasteiger partial charge in [-0.1, -0.05) is 12.8 Å². The van der Waals surface area contributed by atoms with E-state index in [1.807, 2.05) is 7.05 Å². The molecule has 2 nitrogen and oxygen atoms in total. The first kappa shape index (κ1) is 8.52. The summed E-state index contributed by atoms with van der Waals surface area (Å²) in [7, 11) is 2.04. The van der Waals surface area contributed by atoms with Gasteiger partial charge in [0.15, 0.2) is 0 Å². The van der Waals surface area contributed by atoms with Crippen LogP contribution in [0.4, 0.5) is 0 Å².